The van der Waals surface area contributed by atoms with Gasteiger partial charge in [-0.05, 0) is 29.8 Å². The van der Waals surface area contributed by atoms with Gasteiger partial charge in [0.15, 0.2) is 6.29 Å². The number of carbonyl (C=O) groups excluding carboxylic acids is 2. The Morgan fingerprint density at radius 2 is 2.03 bits per heavy atom. The molecule has 0 saturated heterocycles. The molecule has 4 rings (SSSR count). The number of halogens is 2. The fourth-order valence-corrected chi connectivity index (χ4v) is 5.28. The molecule has 1 unspecified atom stereocenters. The predicted octanol–water partition coefficient (Wildman–Crippen LogP) is 4.25. The molecule has 0 saturated carbocycles. The molecule has 0 N–H and O–H groups in total. The van der Waals surface area contributed by atoms with Crippen LogP contribution in [0.25, 0.3) is 0 Å². The normalized spacial score (nSPS) is 16.4. The summed E-state index contributed by atoms with van der Waals surface area (Å²) in [6, 6.07) is 10.8. The topological polar surface area (TPSA) is 110 Å². The van der Waals surface area contributed by atoms with Crippen LogP contribution < -0.4 is 4.90 Å². The van der Waals surface area contributed by atoms with Gasteiger partial charge in [0.2, 0.25) is 0 Å². The first kappa shape index (κ1) is 23.3. The van der Waals surface area contributed by atoms with Gasteiger partial charge < -0.3 is 4.90 Å². The van der Waals surface area contributed by atoms with Gasteiger partial charge in [0.1, 0.15) is 0 Å². The summed E-state index contributed by atoms with van der Waals surface area (Å²) in [5.74, 6) is -4.10. The molecular formula is C23H17F2N3O5S. The number of alkyl halides is 2. The van der Waals surface area contributed by atoms with Gasteiger partial charge in [0.25, 0.3) is 17.5 Å². The highest BCUT2D eigenvalue weighted by Gasteiger charge is 2.42. The third kappa shape index (κ3) is 4.34. The van der Waals surface area contributed by atoms with Crippen LogP contribution in [0.4, 0.5) is 20.2 Å². The van der Waals surface area contributed by atoms with Crippen molar-refractivity contribution in [2.45, 2.75) is 23.8 Å². The van der Waals surface area contributed by atoms with Crippen molar-refractivity contribution in [1.82, 2.24) is 4.98 Å². The molecule has 1 amide bonds. The van der Waals surface area contributed by atoms with Crippen LogP contribution in [0.2, 0.25) is 0 Å². The molecule has 0 fully saturated rings. The number of aromatic nitrogens is 1. The molecule has 1 aromatic heterocycles. The van der Waals surface area contributed by atoms with Crippen LogP contribution in [0.15, 0.2) is 65.8 Å². The summed E-state index contributed by atoms with van der Waals surface area (Å²) in [5.41, 5.74) is -0.566. The number of amides is 1. The lowest BCUT2D eigenvalue weighted by Gasteiger charge is -2.31. The van der Waals surface area contributed by atoms with Gasteiger partial charge in [-0.15, -0.1) is 0 Å². The summed E-state index contributed by atoms with van der Waals surface area (Å²) < 4.78 is 42.1. The standard InChI is InChI=1S/C23H17F2N3O5S/c24-23(25)8-10-34(33)21-18(23)4-1-5-19(21)27(22(30)16-3-2-9-26-12-16)13-15-6-7-17(14-29)20(11-15)28(31)32/h1-7,9,11-12,14H,8,10,13H2. The number of fused-ring (bicyclic) bond motifs is 1. The minimum atomic E-state index is -3.22. The number of carbonyl (C=O) groups is 2. The summed E-state index contributed by atoms with van der Waals surface area (Å²) >= 11 is 0. The molecule has 1 aliphatic rings. The van der Waals surface area contributed by atoms with Crippen LogP contribution in [0.1, 0.15) is 38.3 Å². The van der Waals surface area contributed by atoms with Crippen LogP contribution in [0.3, 0.4) is 0 Å². The molecule has 34 heavy (non-hydrogen) atoms. The molecule has 2 aromatic carbocycles. The number of nitrogens with zero attached hydrogens (tertiary/aromatic N) is 3. The Bertz CT molecular complexity index is 1320. The largest absolute Gasteiger partial charge is 0.303 e. The van der Waals surface area contributed by atoms with Crippen molar-refractivity contribution >= 4 is 34.4 Å². The van der Waals surface area contributed by atoms with E-state index in [2.05, 4.69) is 4.98 Å². The molecule has 0 bridgehead atoms. The number of nitro benzene ring substituents is 1. The second-order valence-corrected chi connectivity index (χ2v) is 9.07. The van der Waals surface area contributed by atoms with Crippen LogP contribution >= 0.6 is 0 Å². The highest BCUT2D eigenvalue weighted by atomic mass is 32.2. The van der Waals surface area contributed by atoms with E-state index >= 15 is 0 Å². The lowest BCUT2D eigenvalue weighted by atomic mass is 10.0. The monoisotopic (exact) mass is 485 g/mol. The van der Waals surface area contributed by atoms with Crippen molar-refractivity contribution in [2.24, 2.45) is 0 Å². The van der Waals surface area contributed by atoms with Gasteiger partial charge in [-0.2, -0.15) is 0 Å². The first-order valence-electron chi connectivity index (χ1n) is 10.1. The number of aldehydes is 1. The maximum Gasteiger partial charge on any atom is 0.280 e. The third-order valence-electron chi connectivity index (χ3n) is 5.42. The number of pyridine rings is 1. The Hall–Kier alpha value is -3.86. The van der Waals surface area contributed by atoms with Crippen LogP contribution in [0, 0.1) is 10.1 Å². The zero-order valence-electron chi connectivity index (χ0n) is 17.5. The maximum atomic E-state index is 14.6. The third-order valence-corrected chi connectivity index (χ3v) is 6.88. The zero-order valence-corrected chi connectivity index (χ0v) is 18.3. The van der Waals surface area contributed by atoms with Crippen molar-refractivity contribution in [1.29, 1.82) is 0 Å². The number of benzene rings is 2. The van der Waals surface area contributed by atoms with E-state index in [1.807, 2.05) is 0 Å². The quantitative estimate of drug-likeness (QED) is 0.293. The Morgan fingerprint density at radius 3 is 2.71 bits per heavy atom. The molecule has 0 aliphatic carbocycles. The molecule has 0 radical (unpaired) electrons. The van der Waals surface area contributed by atoms with Gasteiger partial charge in [-0.1, -0.05) is 18.2 Å². The van der Waals surface area contributed by atoms with Gasteiger partial charge in [0, 0.05) is 36.2 Å². The van der Waals surface area contributed by atoms with Crippen molar-refractivity contribution in [2.75, 3.05) is 10.7 Å². The molecular weight excluding hydrogens is 468 g/mol. The molecule has 1 atom stereocenters. The Labute approximate surface area is 194 Å². The summed E-state index contributed by atoms with van der Waals surface area (Å²) in [4.78, 5) is 40.2. The summed E-state index contributed by atoms with van der Waals surface area (Å²) in [6.07, 6.45) is 2.53. The second-order valence-electron chi connectivity index (χ2n) is 7.56. The lowest BCUT2D eigenvalue weighted by Crippen LogP contribution is -2.34. The van der Waals surface area contributed by atoms with Crippen LogP contribution in [0.5, 0.6) is 0 Å². The van der Waals surface area contributed by atoms with Gasteiger partial charge in [-0.25, -0.2) is 8.78 Å². The zero-order chi connectivity index (χ0) is 24.5. The summed E-state index contributed by atoms with van der Waals surface area (Å²) in [7, 11) is -1.79. The highest BCUT2D eigenvalue weighted by molar-refractivity contribution is 7.85. The second kappa shape index (κ2) is 9.18. The number of nitro groups is 1. The molecule has 0 spiro atoms. The van der Waals surface area contributed by atoms with Crippen molar-refractivity contribution in [3.05, 3.63) is 93.3 Å². The SMILES string of the molecule is O=Cc1ccc(CN(C(=O)c2cccnc2)c2cccc3c2S(=O)CCC3(F)F)cc1[N+](=O)[O-]. The number of anilines is 1. The molecule has 1 aliphatic heterocycles. The molecule has 3 aromatic rings. The van der Waals surface area contributed by atoms with E-state index in [0.29, 0.717) is 6.29 Å². The fourth-order valence-electron chi connectivity index (χ4n) is 3.76. The minimum absolute atomic E-state index is 0.0196. The van der Waals surface area contributed by atoms with E-state index in [4.69, 9.17) is 0 Å². The van der Waals surface area contributed by atoms with E-state index < -0.39 is 45.2 Å². The Balaban J connectivity index is 1.87. The predicted molar refractivity (Wildman–Crippen MR) is 119 cm³/mol. The minimum Gasteiger partial charge on any atom is -0.303 e. The fraction of sp³-hybridized carbons (Fsp3) is 0.174. The van der Waals surface area contributed by atoms with E-state index in [9.17, 15) is 32.7 Å². The highest BCUT2D eigenvalue weighted by Crippen LogP contribution is 2.44. The number of rotatable bonds is 6. The first-order valence-corrected chi connectivity index (χ1v) is 11.4. The summed E-state index contributed by atoms with van der Waals surface area (Å²) in [6.45, 7) is -0.257. The molecule has 11 heteroatoms. The van der Waals surface area contributed by atoms with Crippen molar-refractivity contribution in [3.63, 3.8) is 0 Å². The number of hydrogen-bond donors (Lipinski definition) is 0. The van der Waals surface area contributed by atoms with Crippen LogP contribution in [-0.2, 0) is 23.3 Å². The molecule has 2 heterocycles. The van der Waals surface area contributed by atoms with Gasteiger partial charge in [0.05, 0.1) is 44.0 Å². The average molecular weight is 485 g/mol. The Kier molecular flexibility index (Phi) is 6.29. The molecule has 174 valence electrons. The smallest absolute Gasteiger partial charge is 0.280 e. The van der Waals surface area contributed by atoms with Gasteiger partial charge >= 0.3 is 0 Å². The van der Waals surface area contributed by atoms with Crippen LogP contribution in [-0.4, -0.2) is 32.1 Å². The van der Waals surface area contributed by atoms with E-state index in [1.54, 1.807) is 0 Å². The van der Waals surface area contributed by atoms with E-state index in [0.717, 1.165) is 11.0 Å². The average Bonchev–Trinajstić information content (AvgIpc) is 2.84. The number of hydrogen-bond acceptors (Lipinski definition) is 6. The molecule has 8 nitrogen and oxygen atoms in total. The maximum absolute atomic E-state index is 14.6. The summed E-state index contributed by atoms with van der Waals surface area (Å²) in [5, 5.41) is 11.4. The van der Waals surface area contributed by atoms with Crippen molar-refractivity contribution in [3.8, 4) is 0 Å². The van der Waals surface area contributed by atoms with E-state index in [1.165, 1.54) is 54.9 Å². The first-order chi connectivity index (χ1) is 16.2. The lowest BCUT2D eigenvalue weighted by molar-refractivity contribution is -0.385. The van der Waals surface area contributed by atoms with Crippen molar-refractivity contribution < 1.29 is 27.5 Å². The Morgan fingerprint density at radius 1 is 1.24 bits per heavy atom. The van der Waals surface area contributed by atoms with Gasteiger partial charge in [-0.3, -0.25) is 28.9 Å². The van der Waals surface area contributed by atoms with E-state index in [-0.39, 0.29) is 39.6 Å².